The molecule has 0 atom stereocenters. The third-order valence-electron chi connectivity index (χ3n) is 3.10. The number of hydrogen-bond donors (Lipinski definition) is 0. The van der Waals surface area contributed by atoms with Gasteiger partial charge in [-0.1, -0.05) is 11.3 Å². The van der Waals surface area contributed by atoms with E-state index in [0.29, 0.717) is 17.1 Å². The molecule has 3 rings (SSSR count). The Morgan fingerprint density at radius 3 is 3.00 bits per heavy atom. The van der Waals surface area contributed by atoms with Crippen LogP contribution in [0.3, 0.4) is 0 Å². The molecule has 0 spiro atoms. The summed E-state index contributed by atoms with van der Waals surface area (Å²) in [5.74, 6) is -0.249. The van der Waals surface area contributed by atoms with Crippen LogP contribution in [0, 0.1) is 0 Å². The molecular weight excluding hydrogens is 264 g/mol. The standard InChI is InChI=1S/C13H12N2O3S/c1-18-12(17)8-4-5-9-10(7-8)19-13(14-9)15-6-2-3-11(15)16/h4-5,7H,2-3,6H2,1H3. The summed E-state index contributed by atoms with van der Waals surface area (Å²) in [6.45, 7) is 0.725. The Hall–Kier alpha value is -1.95. The molecule has 0 unspecified atom stereocenters. The van der Waals surface area contributed by atoms with Gasteiger partial charge in [-0.2, -0.15) is 0 Å². The first-order valence-corrected chi connectivity index (χ1v) is 6.80. The van der Waals surface area contributed by atoms with Crippen molar-refractivity contribution in [3.8, 4) is 0 Å². The molecule has 0 bridgehead atoms. The van der Waals surface area contributed by atoms with Gasteiger partial charge in [-0.15, -0.1) is 0 Å². The van der Waals surface area contributed by atoms with E-state index < -0.39 is 0 Å². The Kier molecular flexibility index (Phi) is 2.94. The van der Waals surface area contributed by atoms with Crippen molar-refractivity contribution in [1.82, 2.24) is 4.98 Å². The van der Waals surface area contributed by atoms with Crippen LogP contribution in [0.4, 0.5) is 5.13 Å². The third-order valence-corrected chi connectivity index (χ3v) is 4.14. The first kappa shape index (κ1) is 12.1. The first-order valence-electron chi connectivity index (χ1n) is 5.98. The highest BCUT2D eigenvalue weighted by molar-refractivity contribution is 7.22. The number of hydrogen-bond acceptors (Lipinski definition) is 5. The Balaban J connectivity index is 2.01. The number of carbonyl (C=O) groups is 2. The molecular formula is C13H12N2O3S. The van der Waals surface area contributed by atoms with Gasteiger partial charge in [-0.3, -0.25) is 9.69 Å². The molecule has 19 heavy (non-hydrogen) atoms. The molecule has 0 saturated carbocycles. The molecule has 1 saturated heterocycles. The second-order valence-electron chi connectivity index (χ2n) is 4.32. The number of methoxy groups -OCH3 is 1. The zero-order valence-electron chi connectivity index (χ0n) is 10.4. The van der Waals surface area contributed by atoms with Crippen LogP contribution in [0.25, 0.3) is 10.2 Å². The van der Waals surface area contributed by atoms with E-state index in [-0.39, 0.29) is 11.9 Å². The van der Waals surface area contributed by atoms with Crippen molar-refractivity contribution < 1.29 is 14.3 Å². The summed E-state index contributed by atoms with van der Waals surface area (Å²) in [5, 5.41) is 0.708. The van der Waals surface area contributed by atoms with E-state index in [9.17, 15) is 9.59 Å². The lowest BCUT2D eigenvalue weighted by Crippen LogP contribution is -2.23. The lowest BCUT2D eigenvalue weighted by Gasteiger charge is -2.09. The Bertz CT molecular complexity index is 665. The van der Waals surface area contributed by atoms with Crippen molar-refractivity contribution in [2.24, 2.45) is 0 Å². The number of nitrogens with zero attached hydrogens (tertiary/aromatic N) is 2. The SMILES string of the molecule is COC(=O)c1ccc2nc(N3CCCC3=O)sc2c1. The van der Waals surface area contributed by atoms with Crippen molar-refractivity contribution in [3.05, 3.63) is 23.8 Å². The average molecular weight is 276 g/mol. The zero-order chi connectivity index (χ0) is 13.4. The number of esters is 1. The number of carbonyl (C=O) groups excluding carboxylic acids is 2. The minimum Gasteiger partial charge on any atom is -0.465 e. The van der Waals surface area contributed by atoms with Crippen LogP contribution in [-0.4, -0.2) is 30.5 Å². The van der Waals surface area contributed by atoms with Crippen molar-refractivity contribution in [1.29, 1.82) is 0 Å². The van der Waals surface area contributed by atoms with Gasteiger partial charge in [-0.25, -0.2) is 9.78 Å². The van der Waals surface area contributed by atoms with E-state index in [2.05, 4.69) is 9.72 Å². The number of benzene rings is 1. The molecule has 0 aliphatic carbocycles. The molecule has 2 aromatic rings. The maximum Gasteiger partial charge on any atom is 0.337 e. The molecule has 1 aromatic heterocycles. The molecule has 6 heteroatoms. The monoisotopic (exact) mass is 276 g/mol. The number of amides is 1. The van der Waals surface area contributed by atoms with E-state index in [1.807, 2.05) is 0 Å². The van der Waals surface area contributed by atoms with Gasteiger partial charge in [0.25, 0.3) is 0 Å². The van der Waals surface area contributed by atoms with Gasteiger partial charge in [0.1, 0.15) is 0 Å². The molecule has 1 fully saturated rings. The Morgan fingerprint density at radius 2 is 2.32 bits per heavy atom. The van der Waals surface area contributed by atoms with Crippen LogP contribution in [-0.2, 0) is 9.53 Å². The highest BCUT2D eigenvalue weighted by Gasteiger charge is 2.24. The summed E-state index contributed by atoms with van der Waals surface area (Å²) >= 11 is 1.43. The van der Waals surface area contributed by atoms with Crippen LogP contribution >= 0.6 is 11.3 Å². The summed E-state index contributed by atoms with van der Waals surface area (Å²) in [7, 11) is 1.35. The number of aromatic nitrogens is 1. The van der Waals surface area contributed by atoms with Crippen LogP contribution in [0.1, 0.15) is 23.2 Å². The van der Waals surface area contributed by atoms with Gasteiger partial charge in [0.05, 0.1) is 22.9 Å². The second-order valence-corrected chi connectivity index (χ2v) is 5.33. The maximum atomic E-state index is 11.7. The molecule has 0 radical (unpaired) electrons. The van der Waals surface area contributed by atoms with E-state index in [1.165, 1.54) is 18.4 Å². The van der Waals surface area contributed by atoms with Crippen molar-refractivity contribution >= 4 is 38.6 Å². The van der Waals surface area contributed by atoms with Gasteiger partial charge in [0, 0.05) is 13.0 Å². The number of thiazole rings is 1. The average Bonchev–Trinajstić information content (AvgIpc) is 3.02. The molecule has 1 aromatic carbocycles. The fraction of sp³-hybridized carbons (Fsp3) is 0.308. The van der Waals surface area contributed by atoms with Gasteiger partial charge in [0.15, 0.2) is 5.13 Å². The van der Waals surface area contributed by atoms with E-state index in [4.69, 9.17) is 0 Å². The minimum absolute atomic E-state index is 0.118. The predicted octanol–water partition coefficient (Wildman–Crippen LogP) is 2.21. The van der Waals surface area contributed by atoms with E-state index >= 15 is 0 Å². The molecule has 1 aliphatic rings. The number of anilines is 1. The normalized spacial score (nSPS) is 15.2. The predicted molar refractivity (Wildman–Crippen MR) is 72.5 cm³/mol. The second kappa shape index (κ2) is 4.62. The maximum absolute atomic E-state index is 11.7. The van der Waals surface area contributed by atoms with Crippen LogP contribution < -0.4 is 4.90 Å². The smallest absolute Gasteiger partial charge is 0.337 e. The fourth-order valence-corrected chi connectivity index (χ4v) is 3.17. The lowest BCUT2D eigenvalue weighted by molar-refractivity contribution is -0.117. The minimum atomic E-state index is -0.367. The van der Waals surface area contributed by atoms with E-state index in [0.717, 1.165) is 23.2 Å². The number of rotatable bonds is 2. The lowest BCUT2D eigenvalue weighted by atomic mass is 10.2. The van der Waals surface area contributed by atoms with Gasteiger partial charge in [0.2, 0.25) is 5.91 Å². The summed E-state index contributed by atoms with van der Waals surface area (Å²) in [6, 6.07) is 5.22. The quantitative estimate of drug-likeness (QED) is 0.789. The Morgan fingerprint density at radius 1 is 1.47 bits per heavy atom. The fourth-order valence-electron chi connectivity index (χ4n) is 2.12. The van der Waals surface area contributed by atoms with Gasteiger partial charge >= 0.3 is 5.97 Å². The molecule has 0 N–H and O–H groups in total. The van der Waals surface area contributed by atoms with Crippen molar-refractivity contribution in [2.75, 3.05) is 18.6 Å². The molecule has 98 valence electrons. The largest absolute Gasteiger partial charge is 0.465 e. The van der Waals surface area contributed by atoms with Gasteiger partial charge in [-0.05, 0) is 24.6 Å². The summed E-state index contributed by atoms with van der Waals surface area (Å²) in [4.78, 5) is 29.3. The third kappa shape index (κ3) is 2.08. The van der Waals surface area contributed by atoms with E-state index in [1.54, 1.807) is 23.1 Å². The van der Waals surface area contributed by atoms with Crippen LogP contribution in [0.2, 0.25) is 0 Å². The van der Waals surface area contributed by atoms with Gasteiger partial charge < -0.3 is 4.74 Å². The molecule has 1 amide bonds. The number of fused-ring (bicyclic) bond motifs is 1. The number of ether oxygens (including phenoxy) is 1. The Labute approximate surface area is 113 Å². The first-order chi connectivity index (χ1) is 9.19. The molecule has 1 aliphatic heterocycles. The van der Waals surface area contributed by atoms with Crippen molar-refractivity contribution in [2.45, 2.75) is 12.8 Å². The zero-order valence-corrected chi connectivity index (χ0v) is 11.2. The molecule has 5 nitrogen and oxygen atoms in total. The topological polar surface area (TPSA) is 59.5 Å². The summed E-state index contributed by atoms with van der Waals surface area (Å²) in [6.07, 6.45) is 1.46. The molecule has 2 heterocycles. The highest BCUT2D eigenvalue weighted by Crippen LogP contribution is 2.31. The van der Waals surface area contributed by atoms with Crippen molar-refractivity contribution in [3.63, 3.8) is 0 Å². The summed E-state index contributed by atoms with van der Waals surface area (Å²) < 4.78 is 5.58. The van der Waals surface area contributed by atoms with Crippen LogP contribution in [0.5, 0.6) is 0 Å². The summed E-state index contributed by atoms with van der Waals surface area (Å²) in [5.41, 5.74) is 1.30. The highest BCUT2D eigenvalue weighted by atomic mass is 32.1. The van der Waals surface area contributed by atoms with Crippen LogP contribution in [0.15, 0.2) is 18.2 Å².